The van der Waals surface area contributed by atoms with E-state index in [1.807, 2.05) is 18.2 Å². The fraction of sp³-hybridized carbons (Fsp3) is 0.500. The van der Waals surface area contributed by atoms with Gasteiger partial charge in [0.05, 0.1) is 5.75 Å². The third-order valence-corrected chi connectivity index (χ3v) is 4.56. The molecule has 0 radical (unpaired) electrons. The summed E-state index contributed by atoms with van der Waals surface area (Å²) in [4.78, 5) is 2.20. The van der Waals surface area contributed by atoms with Crippen LogP contribution in [0.4, 0.5) is 0 Å². The molecule has 1 aliphatic heterocycles. The van der Waals surface area contributed by atoms with Crippen molar-refractivity contribution in [3.8, 4) is 0 Å². The number of benzene rings is 1. The maximum absolute atomic E-state index is 11.4. The maximum atomic E-state index is 11.4. The van der Waals surface area contributed by atoms with Crippen LogP contribution in [0.3, 0.4) is 0 Å². The van der Waals surface area contributed by atoms with Crippen molar-refractivity contribution >= 4 is 10.0 Å². The Morgan fingerprint density at radius 1 is 1.24 bits per heavy atom. The molecule has 5 heteroatoms. The first-order chi connectivity index (χ1) is 8.08. The van der Waals surface area contributed by atoms with E-state index in [1.54, 1.807) is 0 Å². The van der Waals surface area contributed by atoms with E-state index in [0.29, 0.717) is 13.1 Å². The molecule has 94 valence electrons. The van der Waals surface area contributed by atoms with Crippen LogP contribution in [-0.2, 0) is 10.0 Å². The molecule has 17 heavy (non-hydrogen) atoms. The summed E-state index contributed by atoms with van der Waals surface area (Å²) in [5.74, 6) is 0.185. The van der Waals surface area contributed by atoms with Crippen molar-refractivity contribution in [1.82, 2.24) is 9.62 Å². The second kappa shape index (κ2) is 5.16. The first kappa shape index (κ1) is 12.5. The summed E-state index contributed by atoms with van der Waals surface area (Å²) in [5, 5.41) is 0. The molecule has 1 aliphatic rings. The molecule has 1 fully saturated rings. The van der Waals surface area contributed by atoms with Gasteiger partial charge in [-0.2, -0.15) is 0 Å². The van der Waals surface area contributed by atoms with Crippen molar-refractivity contribution < 1.29 is 8.42 Å². The van der Waals surface area contributed by atoms with Crippen LogP contribution in [0.5, 0.6) is 0 Å². The van der Waals surface area contributed by atoms with E-state index in [9.17, 15) is 8.42 Å². The average Bonchev–Trinajstić information content (AvgIpc) is 2.50. The Kier molecular flexibility index (Phi) is 3.81. The van der Waals surface area contributed by atoms with Crippen molar-refractivity contribution in [2.75, 3.05) is 25.4 Å². The Balaban J connectivity index is 2.08. The lowest BCUT2D eigenvalue weighted by Crippen LogP contribution is -2.31. The van der Waals surface area contributed by atoms with Gasteiger partial charge in [0.2, 0.25) is 10.0 Å². The number of hydrogen-bond acceptors (Lipinski definition) is 3. The van der Waals surface area contributed by atoms with Crippen LogP contribution in [0, 0.1) is 0 Å². The minimum atomic E-state index is -3.06. The van der Waals surface area contributed by atoms with Crippen molar-refractivity contribution in [3.63, 3.8) is 0 Å². The minimum absolute atomic E-state index is 0.185. The summed E-state index contributed by atoms with van der Waals surface area (Å²) in [7, 11) is -3.06. The lowest BCUT2D eigenvalue weighted by atomic mass is 10.1. The molecule has 2 rings (SSSR count). The topological polar surface area (TPSA) is 49.4 Å². The van der Waals surface area contributed by atoms with Crippen LogP contribution < -0.4 is 4.72 Å². The molecule has 1 saturated heterocycles. The molecule has 0 bridgehead atoms. The Morgan fingerprint density at radius 3 is 2.65 bits per heavy atom. The van der Waals surface area contributed by atoms with Gasteiger partial charge in [-0.15, -0.1) is 0 Å². The highest BCUT2D eigenvalue weighted by molar-refractivity contribution is 7.89. The molecule has 1 aromatic rings. The quantitative estimate of drug-likeness (QED) is 0.856. The first-order valence-electron chi connectivity index (χ1n) is 5.85. The van der Waals surface area contributed by atoms with E-state index < -0.39 is 10.0 Å². The summed E-state index contributed by atoms with van der Waals surface area (Å²) < 4.78 is 25.5. The SMILES string of the molecule is CC(c1ccccc1)N1CCNS(=O)(=O)CC1. The van der Waals surface area contributed by atoms with Gasteiger partial charge in [0, 0.05) is 25.7 Å². The van der Waals surface area contributed by atoms with Crippen molar-refractivity contribution in [2.24, 2.45) is 0 Å². The van der Waals surface area contributed by atoms with E-state index in [0.717, 1.165) is 6.54 Å². The Morgan fingerprint density at radius 2 is 1.94 bits per heavy atom. The zero-order valence-corrected chi connectivity index (χ0v) is 10.8. The molecule has 0 spiro atoms. The van der Waals surface area contributed by atoms with Crippen molar-refractivity contribution in [2.45, 2.75) is 13.0 Å². The van der Waals surface area contributed by atoms with Gasteiger partial charge in [0.1, 0.15) is 0 Å². The van der Waals surface area contributed by atoms with Crippen LogP contribution in [-0.4, -0.2) is 38.7 Å². The van der Waals surface area contributed by atoms with Gasteiger partial charge in [0.15, 0.2) is 0 Å². The highest BCUT2D eigenvalue weighted by Gasteiger charge is 2.22. The van der Waals surface area contributed by atoms with Gasteiger partial charge in [-0.1, -0.05) is 30.3 Å². The normalized spacial score (nSPS) is 22.9. The van der Waals surface area contributed by atoms with Gasteiger partial charge in [0.25, 0.3) is 0 Å². The molecule has 0 amide bonds. The lowest BCUT2D eigenvalue weighted by molar-refractivity contribution is 0.232. The minimum Gasteiger partial charge on any atom is -0.294 e. The molecule has 1 aromatic carbocycles. The van der Waals surface area contributed by atoms with E-state index in [2.05, 4.69) is 28.7 Å². The number of nitrogens with zero attached hydrogens (tertiary/aromatic N) is 1. The average molecular weight is 254 g/mol. The van der Waals surface area contributed by atoms with E-state index in [1.165, 1.54) is 5.56 Å². The van der Waals surface area contributed by atoms with Gasteiger partial charge in [-0.3, -0.25) is 4.90 Å². The monoisotopic (exact) mass is 254 g/mol. The van der Waals surface area contributed by atoms with Crippen LogP contribution >= 0.6 is 0 Å². The van der Waals surface area contributed by atoms with Crippen LogP contribution in [0.15, 0.2) is 30.3 Å². The number of rotatable bonds is 2. The molecule has 0 aliphatic carbocycles. The highest BCUT2D eigenvalue weighted by Crippen LogP contribution is 2.19. The highest BCUT2D eigenvalue weighted by atomic mass is 32.2. The third-order valence-electron chi connectivity index (χ3n) is 3.20. The van der Waals surface area contributed by atoms with Gasteiger partial charge in [-0.05, 0) is 12.5 Å². The van der Waals surface area contributed by atoms with Gasteiger partial charge >= 0.3 is 0 Å². The summed E-state index contributed by atoms with van der Waals surface area (Å²) >= 11 is 0. The van der Waals surface area contributed by atoms with Crippen LogP contribution in [0.25, 0.3) is 0 Å². The van der Waals surface area contributed by atoms with E-state index >= 15 is 0 Å². The largest absolute Gasteiger partial charge is 0.294 e. The molecule has 1 N–H and O–H groups in total. The standard InChI is InChI=1S/C12H18N2O2S/c1-11(12-5-3-2-4-6-12)14-8-7-13-17(15,16)10-9-14/h2-6,11,13H,7-10H2,1H3. The van der Waals surface area contributed by atoms with E-state index in [4.69, 9.17) is 0 Å². The summed E-state index contributed by atoms with van der Waals surface area (Å²) in [6.07, 6.45) is 0. The Labute approximate surface area is 103 Å². The Hall–Kier alpha value is -0.910. The third kappa shape index (κ3) is 3.28. The van der Waals surface area contributed by atoms with E-state index in [-0.39, 0.29) is 11.8 Å². The van der Waals surface area contributed by atoms with Gasteiger partial charge in [-0.25, -0.2) is 13.1 Å². The molecule has 1 atom stereocenters. The fourth-order valence-corrected chi connectivity index (χ4v) is 3.12. The molecule has 0 saturated carbocycles. The lowest BCUT2D eigenvalue weighted by Gasteiger charge is -2.27. The van der Waals surface area contributed by atoms with Crippen LogP contribution in [0.1, 0.15) is 18.5 Å². The number of hydrogen-bond donors (Lipinski definition) is 1. The molecular weight excluding hydrogens is 236 g/mol. The maximum Gasteiger partial charge on any atom is 0.212 e. The summed E-state index contributed by atoms with van der Waals surface area (Å²) in [5.41, 5.74) is 1.23. The molecule has 4 nitrogen and oxygen atoms in total. The molecule has 1 unspecified atom stereocenters. The molecule has 1 heterocycles. The van der Waals surface area contributed by atoms with Crippen molar-refractivity contribution in [1.29, 1.82) is 0 Å². The van der Waals surface area contributed by atoms with Crippen molar-refractivity contribution in [3.05, 3.63) is 35.9 Å². The predicted octanol–water partition coefficient (Wildman–Crippen LogP) is 0.983. The molecule has 0 aromatic heterocycles. The summed E-state index contributed by atoms with van der Waals surface area (Å²) in [6, 6.07) is 10.4. The Bertz CT molecular complexity index is 459. The predicted molar refractivity (Wildman–Crippen MR) is 68.2 cm³/mol. The zero-order valence-electron chi connectivity index (χ0n) is 9.96. The van der Waals surface area contributed by atoms with Crippen LogP contribution in [0.2, 0.25) is 0 Å². The number of sulfonamides is 1. The van der Waals surface area contributed by atoms with Gasteiger partial charge < -0.3 is 0 Å². The zero-order chi connectivity index (χ0) is 12.3. The fourth-order valence-electron chi connectivity index (χ4n) is 2.10. The smallest absolute Gasteiger partial charge is 0.212 e. The number of nitrogens with one attached hydrogen (secondary N) is 1. The second-order valence-corrected chi connectivity index (χ2v) is 6.26. The summed E-state index contributed by atoms with van der Waals surface area (Å²) in [6.45, 7) is 3.97. The first-order valence-corrected chi connectivity index (χ1v) is 7.50. The molecular formula is C12H18N2O2S. The second-order valence-electron chi connectivity index (χ2n) is 4.34.